The highest BCUT2D eigenvalue weighted by molar-refractivity contribution is 7.98. The zero-order valence-electron chi connectivity index (χ0n) is 10.2. The molecular formula is C11H19N3OS. The van der Waals surface area contributed by atoms with Crippen LogP contribution in [-0.4, -0.2) is 27.6 Å². The molecule has 0 fully saturated rings. The van der Waals surface area contributed by atoms with Gasteiger partial charge in [-0.1, -0.05) is 0 Å². The first-order valence-electron chi connectivity index (χ1n) is 5.39. The van der Waals surface area contributed by atoms with Gasteiger partial charge in [0.25, 0.3) is 5.56 Å². The number of nitrogens with zero attached hydrogens (tertiary/aromatic N) is 2. The summed E-state index contributed by atoms with van der Waals surface area (Å²) in [6.45, 7) is 6.01. The van der Waals surface area contributed by atoms with Crippen molar-refractivity contribution in [1.82, 2.24) is 9.55 Å². The molecule has 1 atom stereocenters. The van der Waals surface area contributed by atoms with Crippen LogP contribution in [0.3, 0.4) is 0 Å². The summed E-state index contributed by atoms with van der Waals surface area (Å²) < 4.78 is 1.68. The van der Waals surface area contributed by atoms with Crippen LogP contribution in [0.25, 0.3) is 0 Å². The molecule has 0 amide bonds. The van der Waals surface area contributed by atoms with E-state index in [0.29, 0.717) is 5.82 Å². The molecule has 0 aliphatic carbocycles. The van der Waals surface area contributed by atoms with Crippen LogP contribution in [0.1, 0.15) is 26.8 Å². The van der Waals surface area contributed by atoms with Crippen LogP contribution in [0, 0.1) is 0 Å². The van der Waals surface area contributed by atoms with Crippen LogP contribution >= 0.6 is 11.8 Å². The Hall–Kier alpha value is -0.970. The van der Waals surface area contributed by atoms with Crippen molar-refractivity contribution in [3.05, 3.63) is 22.7 Å². The van der Waals surface area contributed by atoms with E-state index in [2.05, 4.69) is 10.3 Å². The third kappa shape index (κ3) is 3.27. The predicted octanol–water partition coefficient (Wildman–Crippen LogP) is 1.99. The highest BCUT2D eigenvalue weighted by atomic mass is 32.2. The van der Waals surface area contributed by atoms with Crippen molar-refractivity contribution in [3.63, 3.8) is 0 Å². The van der Waals surface area contributed by atoms with E-state index in [0.717, 1.165) is 5.75 Å². The first-order chi connectivity index (χ1) is 7.56. The zero-order chi connectivity index (χ0) is 12.1. The molecule has 0 aromatic carbocycles. The Kier molecular flexibility index (Phi) is 4.86. The molecule has 1 heterocycles. The molecule has 1 aromatic heterocycles. The minimum atomic E-state index is -0.0505. The smallest absolute Gasteiger partial charge is 0.293 e. The van der Waals surface area contributed by atoms with Gasteiger partial charge in [0.2, 0.25) is 0 Å². The minimum absolute atomic E-state index is 0.0505. The lowest BCUT2D eigenvalue weighted by molar-refractivity contribution is 0.574. The quantitative estimate of drug-likeness (QED) is 0.856. The lowest BCUT2D eigenvalue weighted by atomic mass is 10.3. The summed E-state index contributed by atoms with van der Waals surface area (Å²) in [5, 5.41) is 3.14. The average molecular weight is 241 g/mol. The maximum absolute atomic E-state index is 12.0. The van der Waals surface area contributed by atoms with E-state index in [1.165, 1.54) is 0 Å². The SMILES string of the molecule is CSCC(C)Nc1nccn(C(C)C)c1=O. The third-order valence-electron chi connectivity index (χ3n) is 2.22. The summed E-state index contributed by atoms with van der Waals surface area (Å²) >= 11 is 1.75. The van der Waals surface area contributed by atoms with Gasteiger partial charge < -0.3 is 9.88 Å². The first kappa shape index (κ1) is 13.1. The fraction of sp³-hybridized carbons (Fsp3) is 0.636. The summed E-state index contributed by atoms with van der Waals surface area (Å²) in [5.74, 6) is 1.40. The fourth-order valence-electron chi connectivity index (χ4n) is 1.46. The monoisotopic (exact) mass is 241 g/mol. The van der Waals surface area contributed by atoms with Crippen LogP contribution in [0.4, 0.5) is 5.82 Å². The molecular weight excluding hydrogens is 222 g/mol. The Balaban J connectivity index is 2.89. The molecule has 0 saturated carbocycles. The molecule has 0 aliphatic heterocycles. The number of aromatic nitrogens is 2. The number of nitrogens with one attached hydrogen (secondary N) is 1. The van der Waals surface area contributed by atoms with Gasteiger partial charge in [-0.3, -0.25) is 4.79 Å². The first-order valence-corrected chi connectivity index (χ1v) is 6.78. The van der Waals surface area contributed by atoms with E-state index in [1.54, 1.807) is 28.7 Å². The molecule has 0 aliphatic rings. The Morgan fingerprint density at radius 1 is 1.50 bits per heavy atom. The van der Waals surface area contributed by atoms with Gasteiger partial charge in [-0.25, -0.2) is 4.98 Å². The maximum atomic E-state index is 12.0. The van der Waals surface area contributed by atoms with E-state index < -0.39 is 0 Å². The van der Waals surface area contributed by atoms with Gasteiger partial charge in [0.15, 0.2) is 5.82 Å². The molecule has 1 unspecified atom stereocenters. The molecule has 1 N–H and O–H groups in total. The Morgan fingerprint density at radius 2 is 2.19 bits per heavy atom. The van der Waals surface area contributed by atoms with Gasteiger partial charge in [0.1, 0.15) is 0 Å². The minimum Gasteiger partial charge on any atom is -0.362 e. The number of anilines is 1. The summed E-state index contributed by atoms with van der Waals surface area (Å²) in [4.78, 5) is 16.1. The third-order valence-corrected chi connectivity index (χ3v) is 3.06. The molecule has 0 saturated heterocycles. The van der Waals surface area contributed by atoms with Crippen LogP contribution in [0.15, 0.2) is 17.2 Å². The largest absolute Gasteiger partial charge is 0.362 e. The number of hydrogen-bond acceptors (Lipinski definition) is 4. The van der Waals surface area contributed by atoms with Crippen LogP contribution in [-0.2, 0) is 0 Å². The molecule has 0 bridgehead atoms. The topological polar surface area (TPSA) is 46.9 Å². The highest BCUT2D eigenvalue weighted by Crippen LogP contribution is 2.04. The molecule has 0 spiro atoms. The standard InChI is InChI=1S/C11H19N3OS/c1-8(2)14-6-5-12-10(11(14)15)13-9(3)7-16-4/h5-6,8-9H,7H2,1-4H3,(H,12,13). The molecule has 90 valence electrons. The Labute approximate surface area is 100 Å². The average Bonchev–Trinajstić information content (AvgIpc) is 2.21. The summed E-state index contributed by atoms with van der Waals surface area (Å²) in [6.07, 6.45) is 5.43. The number of rotatable bonds is 5. The van der Waals surface area contributed by atoms with E-state index >= 15 is 0 Å². The van der Waals surface area contributed by atoms with Crippen LogP contribution in [0.5, 0.6) is 0 Å². The molecule has 1 aromatic rings. The zero-order valence-corrected chi connectivity index (χ0v) is 11.0. The van der Waals surface area contributed by atoms with Crippen molar-refractivity contribution < 1.29 is 0 Å². The maximum Gasteiger partial charge on any atom is 0.293 e. The highest BCUT2D eigenvalue weighted by Gasteiger charge is 2.09. The molecule has 4 nitrogen and oxygen atoms in total. The van der Waals surface area contributed by atoms with Crippen LogP contribution in [0.2, 0.25) is 0 Å². The van der Waals surface area contributed by atoms with Gasteiger partial charge in [0.05, 0.1) is 0 Å². The number of hydrogen-bond donors (Lipinski definition) is 1. The van der Waals surface area contributed by atoms with Crippen molar-refractivity contribution in [1.29, 1.82) is 0 Å². The molecule has 5 heteroatoms. The summed E-state index contributed by atoms with van der Waals surface area (Å²) in [6, 6.07) is 0.408. The van der Waals surface area contributed by atoms with E-state index in [4.69, 9.17) is 0 Å². The summed E-state index contributed by atoms with van der Waals surface area (Å²) in [5.41, 5.74) is -0.0505. The lowest BCUT2D eigenvalue weighted by Crippen LogP contribution is -2.29. The molecule has 16 heavy (non-hydrogen) atoms. The second-order valence-electron chi connectivity index (χ2n) is 4.08. The fourth-order valence-corrected chi connectivity index (χ4v) is 2.04. The van der Waals surface area contributed by atoms with E-state index in [9.17, 15) is 4.79 Å². The van der Waals surface area contributed by atoms with Crippen molar-refractivity contribution >= 4 is 17.6 Å². The predicted molar refractivity (Wildman–Crippen MR) is 70.3 cm³/mol. The van der Waals surface area contributed by atoms with Crippen LogP contribution < -0.4 is 10.9 Å². The Morgan fingerprint density at radius 3 is 2.75 bits per heavy atom. The van der Waals surface area contributed by atoms with Crippen molar-refractivity contribution in [2.45, 2.75) is 32.9 Å². The van der Waals surface area contributed by atoms with E-state index in [-0.39, 0.29) is 17.6 Å². The lowest BCUT2D eigenvalue weighted by Gasteiger charge is -2.15. The van der Waals surface area contributed by atoms with Crippen molar-refractivity contribution in [2.24, 2.45) is 0 Å². The van der Waals surface area contributed by atoms with E-state index in [1.807, 2.05) is 27.0 Å². The van der Waals surface area contributed by atoms with Gasteiger partial charge in [-0.15, -0.1) is 0 Å². The second kappa shape index (κ2) is 5.94. The normalized spacial score (nSPS) is 12.8. The van der Waals surface area contributed by atoms with Gasteiger partial charge >= 0.3 is 0 Å². The number of thioether (sulfide) groups is 1. The van der Waals surface area contributed by atoms with Gasteiger partial charge in [-0.05, 0) is 27.0 Å². The molecule has 0 radical (unpaired) electrons. The van der Waals surface area contributed by atoms with Crippen molar-refractivity contribution in [2.75, 3.05) is 17.3 Å². The second-order valence-corrected chi connectivity index (χ2v) is 4.99. The van der Waals surface area contributed by atoms with Crippen molar-refractivity contribution in [3.8, 4) is 0 Å². The summed E-state index contributed by atoms with van der Waals surface area (Å²) in [7, 11) is 0. The van der Waals surface area contributed by atoms with Gasteiger partial charge in [0, 0.05) is 30.2 Å². The van der Waals surface area contributed by atoms with Gasteiger partial charge in [-0.2, -0.15) is 11.8 Å². The Bertz CT molecular complexity index is 389. The molecule has 1 rings (SSSR count).